The van der Waals surface area contributed by atoms with E-state index in [0.717, 1.165) is 44.9 Å². The first-order valence-corrected chi connectivity index (χ1v) is 7.74. The molecule has 2 aliphatic carbocycles. The Morgan fingerprint density at radius 1 is 1.05 bits per heavy atom. The van der Waals surface area contributed by atoms with Crippen LogP contribution in [0.2, 0.25) is 0 Å². The first-order chi connectivity index (χ1) is 9.11. The minimum Gasteiger partial charge on any atom is -0.328 e. The number of amides is 2. The smallest absolute Gasteiger partial charge is 0.233 e. The Hall–Kier alpha value is -0.900. The summed E-state index contributed by atoms with van der Waals surface area (Å²) in [7, 11) is 0. The van der Waals surface area contributed by atoms with Crippen LogP contribution in [0.4, 0.5) is 0 Å². The molecule has 2 N–H and O–H groups in total. The molecule has 0 spiro atoms. The van der Waals surface area contributed by atoms with Crippen LogP contribution in [0.1, 0.15) is 51.9 Å². The van der Waals surface area contributed by atoms with E-state index in [1.807, 2.05) is 0 Å². The number of imide groups is 1. The normalized spacial score (nSPS) is 42.8. The average molecular weight is 264 g/mol. The van der Waals surface area contributed by atoms with Crippen LogP contribution in [0, 0.1) is 17.8 Å². The van der Waals surface area contributed by atoms with E-state index >= 15 is 0 Å². The molecule has 0 aromatic rings. The van der Waals surface area contributed by atoms with Crippen LogP contribution in [-0.4, -0.2) is 28.8 Å². The summed E-state index contributed by atoms with van der Waals surface area (Å²) in [4.78, 5) is 26.6. The van der Waals surface area contributed by atoms with Crippen LogP contribution in [0.25, 0.3) is 0 Å². The van der Waals surface area contributed by atoms with Gasteiger partial charge in [-0.05, 0) is 44.4 Å². The molecule has 1 heterocycles. The molecular weight excluding hydrogens is 240 g/mol. The van der Waals surface area contributed by atoms with Gasteiger partial charge in [0.25, 0.3) is 0 Å². The minimum absolute atomic E-state index is 0.00644. The summed E-state index contributed by atoms with van der Waals surface area (Å²) < 4.78 is 0. The molecule has 3 rings (SSSR count). The maximum Gasteiger partial charge on any atom is 0.233 e. The summed E-state index contributed by atoms with van der Waals surface area (Å²) in [5.74, 6) is 0.795. The molecule has 0 aromatic carbocycles. The summed E-state index contributed by atoms with van der Waals surface area (Å²) in [5, 5.41) is 0. The second kappa shape index (κ2) is 4.89. The van der Waals surface area contributed by atoms with E-state index in [4.69, 9.17) is 5.73 Å². The van der Waals surface area contributed by atoms with Crippen molar-refractivity contribution in [1.82, 2.24) is 4.90 Å². The van der Waals surface area contributed by atoms with Gasteiger partial charge in [0.2, 0.25) is 11.8 Å². The largest absolute Gasteiger partial charge is 0.328 e. The molecule has 106 valence electrons. The predicted molar refractivity (Wildman–Crippen MR) is 72.1 cm³/mol. The molecule has 2 amide bonds. The van der Waals surface area contributed by atoms with E-state index in [1.54, 1.807) is 4.90 Å². The van der Waals surface area contributed by atoms with Crippen molar-refractivity contribution in [2.45, 2.75) is 64.0 Å². The van der Waals surface area contributed by atoms with Crippen molar-refractivity contribution in [1.29, 1.82) is 0 Å². The lowest BCUT2D eigenvalue weighted by Crippen LogP contribution is -2.45. The monoisotopic (exact) mass is 264 g/mol. The van der Waals surface area contributed by atoms with E-state index in [-0.39, 0.29) is 35.7 Å². The van der Waals surface area contributed by atoms with Gasteiger partial charge in [0.15, 0.2) is 0 Å². The first-order valence-electron chi connectivity index (χ1n) is 7.74. The van der Waals surface area contributed by atoms with Crippen molar-refractivity contribution in [2.75, 3.05) is 0 Å². The van der Waals surface area contributed by atoms with Gasteiger partial charge in [0.1, 0.15) is 0 Å². The summed E-state index contributed by atoms with van der Waals surface area (Å²) >= 11 is 0. The SMILES string of the molecule is CCC1CC2C(=O)N(C3CCC(N)CC3)C(=O)C2C1. The predicted octanol–water partition coefficient (Wildman–Crippen LogP) is 1.68. The number of nitrogens with zero attached hydrogens (tertiary/aromatic N) is 1. The zero-order valence-electron chi connectivity index (χ0n) is 11.7. The third kappa shape index (κ3) is 2.10. The Balaban J connectivity index is 1.72. The highest BCUT2D eigenvalue weighted by Crippen LogP contribution is 2.45. The number of fused-ring (bicyclic) bond motifs is 1. The summed E-state index contributed by atoms with van der Waals surface area (Å²) in [5.41, 5.74) is 5.90. The zero-order chi connectivity index (χ0) is 13.6. The Kier molecular flexibility index (Phi) is 3.37. The van der Waals surface area contributed by atoms with E-state index in [2.05, 4.69) is 6.92 Å². The number of hydrogen-bond donors (Lipinski definition) is 1. The molecule has 0 aromatic heterocycles. The molecule has 2 saturated carbocycles. The molecular formula is C15H24N2O2. The summed E-state index contributed by atoms with van der Waals surface area (Å²) in [6, 6.07) is 0.388. The highest BCUT2D eigenvalue weighted by molar-refractivity contribution is 6.05. The van der Waals surface area contributed by atoms with Crippen LogP contribution < -0.4 is 5.73 Å². The second-order valence-corrected chi connectivity index (χ2v) is 6.57. The Morgan fingerprint density at radius 3 is 2.05 bits per heavy atom. The van der Waals surface area contributed by atoms with E-state index in [0.29, 0.717) is 5.92 Å². The highest BCUT2D eigenvalue weighted by atomic mass is 16.2. The lowest BCUT2D eigenvalue weighted by atomic mass is 9.90. The van der Waals surface area contributed by atoms with Gasteiger partial charge in [0, 0.05) is 12.1 Å². The van der Waals surface area contributed by atoms with Crippen molar-refractivity contribution in [3.8, 4) is 0 Å². The number of nitrogens with two attached hydrogens (primary N) is 1. The molecule has 3 aliphatic rings. The third-order valence-electron chi connectivity index (χ3n) is 5.45. The quantitative estimate of drug-likeness (QED) is 0.772. The third-order valence-corrected chi connectivity index (χ3v) is 5.45. The molecule has 1 saturated heterocycles. The van der Waals surface area contributed by atoms with E-state index in [1.165, 1.54) is 0 Å². The van der Waals surface area contributed by atoms with Crippen LogP contribution >= 0.6 is 0 Å². The summed E-state index contributed by atoms with van der Waals surface area (Å²) in [6.07, 6.45) is 6.61. The maximum atomic E-state index is 12.5. The number of carbonyl (C=O) groups is 2. The van der Waals surface area contributed by atoms with Crippen molar-refractivity contribution < 1.29 is 9.59 Å². The molecule has 1 aliphatic heterocycles. The molecule has 2 unspecified atom stereocenters. The molecule has 4 nitrogen and oxygen atoms in total. The van der Waals surface area contributed by atoms with Crippen molar-refractivity contribution in [2.24, 2.45) is 23.5 Å². The van der Waals surface area contributed by atoms with Crippen LogP contribution in [0.3, 0.4) is 0 Å². The summed E-state index contributed by atoms with van der Waals surface area (Å²) in [6.45, 7) is 2.15. The van der Waals surface area contributed by atoms with Gasteiger partial charge in [0.05, 0.1) is 11.8 Å². The van der Waals surface area contributed by atoms with Gasteiger partial charge in [-0.25, -0.2) is 0 Å². The minimum atomic E-state index is -0.00644. The average Bonchev–Trinajstić information content (AvgIpc) is 2.93. The van der Waals surface area contributed by atoms with Crippen molar-refractivity contribution in [3.63, 3.8) is 0 Å². The molecule has 4 heteroatoms. The molecule has 0 bridgehead atoms. The van der Waals surface area contributed by atoms with Crippen molar-refractivity contribution >= 4 is 11.8 Å². The fourth-order valence-electron chi connectivity index (χ4n) is 4.21. The maximum absolute atomic E-state index is 12.5. The number of rotatable bonds is 2. The van der Waals surface area contributed by atoms with E-state index in [9.17, 15) is 9.59 Å². The second-order valence-electron chi connectivity index (χ2n) is 6.57. The molecule has 2 atom stereocenters. The van der Waals surface area contributed by atoms with E-state index < -0.39 is 0 Å². The van der Waals surface area contributed by atoms with Gasteiger partial charge < -0.3 is 5.73 Å². The lowest BCUT2D eigenvalue weighted by molar-refractivity contribution is -0.144. The number of carbonyl (C=O) groups excluding carboxylic acids is 2. The lowest BCUT2D eigenvalue weighted by Gasteiger charge is -2.33. The highest BCUT2D eigenvalue weighted by Gasteiger charge is 2.53. The van der Waals surface area contributed by atoms with Gasteiger partial charge in [-0.3, -0.25) is 14.5 Å². The standard InChI is InChI=1S/C15H24N2O2/c1-2-9-7-12-13(8-9)15(19)17(14(12)18)11-5-3-10(16)4-6-11/h9-13H,2-8,16H2,1H3. The van der Waals surface area contributed by atoms with Crippen LogP contribution in [0.5, 0.6) is 0 Å². The topological polar surface area (TPSA) is 63.4 Å². The van der Waals surface area contributed by atoms with Gasteiger partial charge >= 0.3 is 0 Å². The Morgan fingerprint density at radius 2 is 1.58 bits per heavy atom. The number of hydrogen-bond acceptors (Lipinski definition) is 3. The number of likely N-dealkylation sites (tertiary alicyclic amines) is 1. The zero-order valence-corrected chi connectivity index (χ0v) is 11.7. The Labute approximate surface area is 114 Å². The fourth-order valence-corrected chi connectivity index (χ4v) is 4.21. The first kappa shape index (κ1) is 13.1. The van der Waals surface area contributed by atoms with Gasteiger partial charge in [-0.1, -0.05) is 13.3 Å². The van der Waals surface area contributed by atoms with Gasteiger partial charge in [-0.15, -0.1) is 0 Å². The van der Waals surface area contributed by atoms with Crippen LogP contribution in [-0.2, 0) is 9.59 Å². The molecule has 19 heavy (non-hydrogen) atoms. The van der Waals surface area contributed by atoms with Crippen LogP contribution in [0.15, 0.2) is 0 Å². The fraction of sp³-hybridized carbons (Fsp3) is 0.867. The molecule has 0 radical (unpaired) electrons. The van der Waals surface area contributed by atoms with Gasteiger partial charge in [-0.2, -0.15) is 0 Å². The van der Waals surface area contributed by atoms with Crippen molar-refractivity contribution in [3.05, 3.63) is 0 Å². The molecule has 3 fully saturated rings. The Bertz CT molecular complexity index is 364.